The molecule has 1 aliphatic rings. The second kappa shape index (κ2) is 7.73. The number of rotatable bonds is 3. The fourth-order valence-corrected chi connectivity index (χ4v) is 2.74. The van der Waals surface area contributed by atoms with E-state index < -0.39 is 5.60 Å². The topological polar surface area (TPSA) is 48.6 Å². The maximum absolute atomic E-state index is 9.26. The minimum absolute atomic E-state index is 0.457. The van der Waals surface area contributed by atoms with Crippen molar-refractivity contribution in [2.45, 2.75) is 40.2 Å². The minimum atomic E-state index is -0.457. The highest BCUT2D eigenvalue weighted by Gasteiger charge is 2.30. The summed E-state index contributed by atoms with van der Waals surface area (Å²) in [5, 5.41) is 9.26. The molecule has 0 unspecified atom stereocenters. The van der Waals surface area contributed by atoms with Crippen molar-refractivity contribution in [3.05, 3.63) is 47.6 Å². The zero-order chi connectivity index (χ0) is 18.4. The predicted octanol–water partition coefficient (Wildman–Crippen LogP) is 4.35. The van der Waals surface area contributed by atoms with Crippen LogP contribution in [0, 0.1) is 23.3 Å². The van der Waals surface area contributed by atoms with Crippen molar-refractivity contribution in [1.82, 2.24) is 4.90 Å². The molecule has 0 radical (unpaired) electrons. The Morgan fingerprint density at radius 3 is 2.76 bits per heavy atom. The Morgan fingerprint density at radius 2 is 2.16 bits per heavy atom. The van der Waals surface area contributed by atoms with Crippen molar-refractivity contribution < 1.29 is 4.74 Å². The van der Waals surface area contributed by atoms with Crippen LogP contribution in [0.25, 0.3) is 5.70 Å². The highest BCUT2D eigenvalue weighted by atomic mass is 16.5. The van der Waals surface area contributed by atoms with Gasteiger partial charge in [-0.25, -0.2) is 0 Å². The number of amidine groups is 1. The quantitative estimate of drug-likeness (QED) is 0.469. The standard InChI is InChI=1S/C21H23N3O/c1-6-9-20(23-12-7-2)24(8-3)18-14-21(4,5)25-19-11-10-16(15-22)13-17(18)19/h6,9-11,13-14H,8H2,1-5H3/b9-6+,23-20?. The largest absolute Gasteiger partial charge is 0.483 e. The third-order valence-electron chi connectivity index (χ3n) is 3.72. The molecule has 0 amide bonds. The van der Waals surface area contributed by atoms with E-state index in [1.165, 1.54) is 0 Å². The molecule has 0 atom stereocenters. The zero-order valence-corrected chi connectivity index (χ0v) is 15.4. The van der Waals surface area contributed by atoms with E-state index in [1.54, 1.807) is 13.0 Å². The summed E-state index contributed by atoms with van der Waals surface area (Å²) in [5.74, 6) is 4.33. The summed E-state index contributed by atoms with van der Waals surface area (Å²) >= 11 is 0. The van der Waals surface area contributed by atoms with Crippen LogP contribution in [0.4, 0.5) is 0 Å². The van der Waals surface area contributed by atoms with Gasteiger partial charge in [-0.1, -0.05) is 12.0 Å². The zero-order valence-electron chi connectivity index (χ0n) is 15.4. The molecule has 2 rings (SSSR count). The summed E-state index contributed by atoms with van der Waals surface area (Å²) in [6, 6.07) is 10.5. The van der Waals surface area contributed by atoms with Crippen LogP contribution in [0.2, 0.25) is 0 Å². The molecule has 1 aromatic rings. The summed E-state index contributed by atoms with van der Waals surface area (Å²) in [6.07, 6.45) is 5.94. The van der Waals surface area contributed by atoms with Crippen LogP contribution in [0.1, 0.15) is 45.7 Å². The molecule has 0 saturated heterocycles. The van der Waals surface area contributed by atoms with Gasteiger partial charge in [0.1, 0.15) is 17.2 Å². The number of hydrogen-bond acceptors (Lipinski definition) is 3. The fourth-order valence-electron chi connectivity index (χ4n) is 2.74. The molecule has 1 aromatic carbocycles. The number of fused-ring (bicyclic) bond motifs is 1. The maximum Gasteiger partial charge on any atom is 0.143 e. The first kappa shape index (κ1) is 18.4. The van der Waals surface area contributed by atoms with Crippen LogP contribution >= 0.6 is 0 Å². The summed E-state index contributed by atoms with van der Waals surface area (Å²) in [4.78, 5) is 6.48. The van der Waals surface area contributed by atoms with Gasteiger partial charge >= 0.3 is 0 Å². The average Bonchev–Trinajstić information content (AvgIpc) is 2.59. The van der Waals surface area contributed by atoms with Crippen LogP contribution in [-0.4, -0.2) is 22.9 Å². The van der Waals surface area contributed by atoms with Crippen LogP contribution in [0.15, 0.2) is 41.4 Å². The maximum atomic E-state index is 9.26. The first-order valence-corrected chi connectivity index (χ1v) is 8.31. The van der Waals surface area contributed by atoms with Crippen molar-refractivity contribution in [3.63, 3.8) is 0 Å². The van der Waals surface area contributed by atoms with Gasteiger partial charge in [-0.05, 0) is 65.0 Å². The molecule has 25 heavy (non-hydrogen) atoms. The van der Waals surface area contributed by atoms with E-state index in [0.717, 1.165) is 22.8 Å². The van der Waals surface area contributed by atoms with Gasteiger partial charge < -0.3 is 9.64 Å². The Balaban J connectivity index is 2.65. The van der Waals surface area contributed by atoms with Crippen LogP contribution < -0.4 is 4.74 Å². The Morgan fingerprint density at radius 1 is 1.40 bits per heavy atom. The van der Waals surface area contributed by atoms with Crippen LogP contribution in [-0.2, 0) is 0 Å². The minimum Gasteiger partial charge on any atom is -0.483 e. The van der Waals surface area contributed by atoms with Crippen molar-refractivity contribution in [2.24, 2.45) is 4.99 Å². The summed E-state index contributed by atoms with van der Waals surface area (Å²) in [7, 11) is 0. The molecule has 4 nitrogen and oxygen atoms in total. The van der Waals surface area contributed by atoms with Crippen LogP contribution in [0.3, 0.4) is 0 Å². The number of ether oxygens (including phenoxy) is 1. The average molecular weight is 333 g/mol. The number of nitriles is 1. The van der Waals surface area contributed by atoms with E-state index in [2.05, 4.69) is 40.9 Å². The Kier molecular flexibility index (Phi) is 5.67. The monoisotopic (exact) mass is 333 g/mol. The van der Waals surface area contributed by atoms with Gasteiger partial charge in [0, 0.05) is 18.2 Å². The molecule has 1 aliphatic heterocycles. The number of benzene rings is 1. The van der Waals surface area contributed by atoms with Crippen LogP contribution in [0.5, 0.6) is 5.75 Å². The normalized spacial score (nSPS) is 15.4. The van der Waals surface area contributed by atoms with E-state index in [1.807, 2.05) is 45.1 Å². The van der Waals surface area contributed by atoms with Gasteiger partial charge in [0.25, 0.3) is 0 Å². The molecule has 0 fully saturated rings. The molecule has 0 saturated carbocycles. The van der Waals surface area contributed by atoms with E-state index in [-0.39, 0.29) is 0 Å². The van der Waals surface area contributed by atoms with Crippen molar-refractivity contribution in [2.75, 3.05) is 6.54 Å². The summed E-state index contributed by atoms with van der Waals surface area (Å²) in [5.41, 5.74) is 2.01. The van der Waals surface area contributed by atoms with Gasteiger partial charge in [-0.15, -0.1) is 0 Å². The smallest absolute Gasteiger partial charge is 0.143 e. The number of nitrogens with zero attached hydrogens (tertiary/aromatic N) is 3. The fraction of sp³-hybridized carbons (Fsp3) is 0.333. The van der Waals surface area contributed by atoms with Crippen molar-refractivity contribution in [1.29, 1.82) is 5.26 Å². The van der Waals surface area contributed by atoms with E-state index >= 15 is 0 Å². The lowest BCUT2D eigenvalue weighted by atomic mass is 9.96. The second-order valence-corrected chi connectivity index (χ2v) is 6.13. The van der Waals surface area contributed by atoms with E-state index in [0.29, 0.717) is 12.1 Å². The van der Waals surface area contributed by atoms with E-state index in [4.69, 9.17) is 4.74 Å². The third-order valence-corrected chi connectivity index (χ3v) is 3.72. The molecular weight excluding hydrogens is 310 g/mol. The molecule has 1 heterocycles. The SMILES string of the molecule is CC#CN=C(/C=C/C)N(CC)C1=CC(C)(C)Oc2ccc(C#N)cc21. The van der Waals surface area contributed by atoms with Crippen molar-refractivity contribution in [3.8, 4) is 23.8 Å². The highest BCUT2D eigenvalue weighted by Crippen LogP contribution is 2.38. The Bertz CT molecular complexity index is 842. The number of hydrogen-bond donors (Lipinski definition) is 0. The van der Waals surface area contributed by atoms with Gasteiger partial charge in [0.05, 0.1) is 17.3 Å². The highest BCUT2D eigenvalue weighted by molar-refractivity contribution is 6.00. The molecule has 128 valence electrons. The predicted molar refractivity (Wildman–Crippen MR) is 102 cm³/mol. The summed E-state index contributed by atoms with van der Waals surface area (Å²) in [6.45, 7) is 10.5. The number of aliphatic imine (C=N–C) groups is 1. The van der Waals surface area contributed by atoms with Gasteiger partial charge in [-0.3, -0.25) is 0 Å². The molecule has 4 heteroatoms. The lowest BCUT2D eigenvalue weighted by Crippen LogP contribution is -2.35. The number of likely N-dealkylation sites (N-methyl/N-ethyl adjacent to an activating group) is 1. The molecule has 0 spiro atoms. The molecule has 0 aromatic heterocycles. The second-order valence-electron chi connectivity index (χ2n) is 6.13. The lowest BCUT2D eigenvalue weighted by molar-refractivity contribution is 0.156. The lowest BCUT2D eigenvalue weighted by Gasteiger charge is -2.36. The first-order chi connectivity index (χ1) is 12.0. The molecular formula is C21H23N3O. The molecule has 0 N–H and O–H groups in total. The Hall–Kier alpha value is -2.98. The molecule has 0 aliphatic carbocycles. The van der Waals surface area contributed by atoms with Gasteiger partial charge in [0.15, 0.2) is 0 Å². The van der Waals surface area contributed by atoms with E-state index in [9.17, 15) is 5.26 Å². The Labute approximate surface area is 150 Å². The molecule has 0 bridgehead atoms. The third kappa shape index (κ3) is 4.11. The van der Waals surface area contributed by atoms with Gasteiger partial charge in [-0.2, -0.15) is 10.3 Å². The number of allylic oxidation sites excluding steroid dienone is 1. The first-order valence-electron chi connectivity index (χ1n) is 8.31. The van der Waals surface area contributed by atoms with Gasteiger partial charge in [0.2, 0.25) is 0 Å². The summed E-state index contributed by atoms with van der Waals surface area (Å²) < 4.78 is 6.07. The van der Waals surface area contributed by atoms with Crippen molar-refractivity contribution >= 4 is 11.5 Å².